The third-order valence-electron chi connectivity index (χ3n) is 4.47. The van der Waals surface area contributed by atoms with Gasteiger partial charge in [0.15, 0.2) is 0 Å². The average molecular weight is 340 g/mol. The van der Waals surface area contributed by atoms with E-state index in [0.29, 0.717) is 12.1 Å². The van der Waals surface area contributed by atoms with Crippen molar-refractivity contribution in [1.82, 2.24) is 15.5 Å². The molecule has 0 aromatic heterocycles. The molecule has 0 saturated carbocycles. The van der Waals surface area contributed by atoms with E-state index in [2.05, 4.69) is 17.6 Å². The first-order chi connectivity index (χ1) is 10.5. The predicted octanol–water partition coefficient (Wildman–Crippen LogP) is 1.96. The molecule has 0 spiro atoms. The number of nitrogens with zero attached hydrogens (tertiary/aromatic N) is 1. The molecule has 1 heterocycles. The lowest BCUT2D eigenvalue weighted by molar-refractivity contribution is -0.137. The number of carbonyl (C=O) groups is 2. The van der Waals surface area contributed by atoms with E-state index in [1.165, 1.54) is 0 Å². The number of likely N-dealkylation sites (N-methyl/N-ethyl adjacent to an activating group) is 1. The van der Waals surface area contributed by atoms with Crippen LogP contribution in [0.25, 0.3) is 0 Å². The third kappa shape index (κ3) is 4.24. The first-order valence-corrected chi connectivity index (χ1v) is 7.84. The van der Waals surface area contributed by atoms with Crippen molar-refractivity contribution in [3.63, 3.8) is 0 Å². The van der Waals surface area contributed by atoms with Gasteiger partial charge in [-0.2, -0.15) is 0 Å². The molecule has 2 N–H and O–H groups in total. The quantitative estimate of drug-likeness (QED) is 0.862. The third-order valence-corrected chi connectivity index (χ3v) is 4.47. The summed E-state index contributed by atoms with van der Waals surface area (Å²) in [5.41, 5.74) is 1.26. The molecule has 5 nitrogen and oxygen atoms in total. The summed E-state index contributed by atoms with van der Waals surface area (Å²) in [6, 6.07) is 7.37. The first kappa shape index (κ1) is 19.5. The number of hydrogen-bond acceptors (Lipinski definition) is 3. The molecule has 128 valence electrons. The molecule has 1 aliphatic heterocycles. The Labute approximate surface area is 144 Å². The molecule has 1 aliphatic rings. The van der Waals surface area contributed by atoms with Gasteiger partial charge in [0.05, 0.1) is 5.54 Å². The Kier molecular flexibility index (Phi) is 7.03. The minimum Gasteiger partial charge on any atom is -0.355 e. The molecule has 6 heteroatoms. The molecule has 0 radical (unpaired) electrons. The summed E-state index contributed by atoms with van der Waals surface area (Å²) in [5.74, 6) is 0.0546. The van der Waals surface area contributed by atoms with Gasteiger partial charge < -0.3 is 15.5 Å². The number of hydrogen-bond donors (Lipinski definition) is 2. The first-order valence-electron chi connectivity index (χ1n) is 7.84. The second-order valence-electron chi connectivity index (χ2n) is 5.90. The van der Waals surface area contributed by atoms with Crippen molar-refractivity contribution >= 4 is 24.2 Å². The molecular formula is C17H26ClN3O2. The van der Waals surface area contributed by atoms with Gasteiger partial charge in [-0.05, 0) is 43.5 Å². The van der Waals surface area contributed by atoms with Crippen LogP contribution in [0.4, 0.5) is 0 Å². The Morgan fingerprint density at radius 2 is 1.96 bits per heavy atom. The highest BCUT2D eigenvalue weighted by molar-refractivity contribution is 5.94. The topological polar surface area (TPSA) is 61.4 Å². The van der Waals surface area contributed by atoms with Crippen LogP contribution in [-0.2, 0) is 11.3 Å². The summed E-state index contributed by atoms with van der Waals surface area (Å²) in [4.78, 5) is 26.0. The van der Waals surface area contributed by atoms with E-state index >= 15 is 0 Å². The summed E-state index contributed by atoms with van der Waals surface area (Å²) >= 11 is 0. The largest absolute Gasteiger partial charge is 0.355 e. The highest BCUT2D eigenvalue weighted by Gasteiger charge is 2.40. The van der Waals surface area contributed by atoms with Crippen molar-refractivity contribution in [2.24, 2.45) is 0 Å². The number of halogens is 1. The van der Waals surface area contributed by atoms with Crippen molar-refractivity contribution in [3.8, 4) is 0 Å². The van der Waals surface area contributed by atoms with Gasteiger partial charge in [0.2, 0.25) is 5.91 Å². The Morgan fingerprint density at radius 3 is 2.43 bits per heavy atom. The normalized spacial score (nSPS) is 19.8. The van der Waals surface area contributed by atoms with Crippen LogP contribution in [0.1, 0.15) is 42.1 Å². The van der Waals surface area contributed by atoms with E-state index in [1.807, 2.05) is 19.2 Å². The molecule has 0 bridgehead atoms. The second-order valence-corrected chi connectivity index (χ2v) is 5.90. The van der Waals surface area contributed by atoms with Gasteiger partial charge in [-0.1, -0.05) is 19.1 Å². The molecule has 23 heavy (non-hydrogen) atoms. The van der Waals surface area contributed by atoms with Crippen LogP contribution in [0.3, 0.4) is 0 Å². The van der Waals surface area contributed by atoms with Crippen LogP contribution in [0.15, 0.2) is 24.3 Å². The SMILES string of the molecule is CCC1(C(=O)N(C)Cc2ccc(C(=O)NC)cc2)CCCN1.Cl. The Bertz CT molecular complexity index is 539. The molecule has 0 aliphatic carbocycles. The number of nitrogens with one attached hydrogen (secondary N) is 2. The van der Waals surface area contributed by atoms with Gasteiger partial charge in [0, 0.05) is 26.2 Å². The average Bonchev–Trinajstić information content (AvgIpc) is 3.04. The zero-order valence-corrected chi connectivity index (χ0v) is 14.8. The fourth-order valence-corrected chi connectivity index (χ4v) is 3.06. The maximum atomic E-state index is 12.7. The minimum atomic E-state index is -0.392. The minimum absolute atomic E-state index is 0. The summed E-state index contributed by atoms with van der Waals surface area (Å²) < 4.78 is 0. The van der Waals surface area contributed by atoms with Crippen LogP contribution in [-0.4, -0.2) is 42.9 Å². The van der Waals surface area contributed by atoms with Gasteiger partial charge in [-0.3, -0.25) is 9.59 Å². The predicted molar refractivity (Wildman–Crippen MR) is 93.8 cm³/mol. The van der Waals surface area contributed by atoms with E-state index in [9.17, 15) is 9.59 Å². The van der Waals surface area contributed by atoms with Crippen molar-refractivity contribution < 1.29 is 9.59 Å². The van der Waals surface area contributed by atoms with Gasteiger partial charge in [-0.25, -0.2) is 0 Å². The van der Waals surface area contributed by atoms with Crippen molar-refractivity contribution in [1.29, 1.82) is 0 Å². The summed E-state index contributed by atoms with van der Waals surface area (Å²) in [7, 11) is 3.45. The number of carbonyl (C=O) groups excluding carboxylic acids is 2. The zero-order chi connectivity index (χ0) is 16.2. The number of benzene rings is 1. The number of amides is 2. The smallest absolute Gasteiger partial charge is 0.251 e. The van der Waals surface area contributed by atoms with Crippen molar-refractivity contribution in [2.75, 3.05) is 20.6 Å². The van der Waals surface area contributed by atoms with Gasteiger partial charge in [0.25, 0.3) is 5.91 Å². The lowest BCUT2D eigenvalue weighted by Gasteiger charge is -2.32. The number of rotatable bonds is 5. The van der Waals surface area contributed by atoms with Crippen LogP contribution >= 0.6 is 12.4 Å². The standard InChI is InChI=1S/C17H25N3O2.ClH/c1-4-17(10-5-11-19-17)16(22)20(3)12-13-6-8-14(9-7-13)15(21)18-2;/h6-9,19H,4-5,10-12H2,1-3H3,(H,18,21);1H. The maximum absolute atomic E-state index is 12.7. The molecular weight excluding hydrogens is 314 g/mol. The fourth-order valence-electron chi connectivity index (χ4n) is 3.06. The van der Waals surface area contributed by atoms with E-state index < -0.39 is 5.54 Å². The molecule has 1 fully saturated rings. The molecule has 1 atom stereocenters. The molecule has 2 rings (SSSR count). The van der Waals surface area contributed by atoms with Gasteiger partial charge in [0.1, 0.15) is 0 Å². The lowest BCUT2D eigenvalue weighted by atomic mass is 9.92. The van der Waals surface area contributed by atoms with Crippen LogP contribution < -0.4 is 10.6 Å². The van der Waals surface area contributed by atoms with Crippen LogP contribution in [0.5, 0.6) is 0 Å². The molecule has 1 aromatic rings. The zero-order valence-electron chi connectivity index (χ0n) is 14.0. The van der Waals surface area contributed by atoms with Crippen LogP contribution in [0, 0.1) is 0 Å². The Morgan fingerprint density at radius 1 is 1.30 bits per heavy atom. The van der Waals surface area contributed by atoms with E-state index in [1.54, 1.807) is 24.1 Å². The molecule has 2 amide bonds. The Balaban J connectivity index is 0.00000264. The molecule has 1 saturated heterocycles. The molecule has 1 unspecified atom stereocenters. The van der Waals surface area contributed by atoms with Crippen LogP contribution in [0.2, 0.25) is 0 Å². The van der Waals surface area contributed by atoms with Crippen molar-refractivity contribution in [3.05, 3.63) is 35.4 Å². The Hall–Kier alpha value is -1.59. The van der Waals surface area contributed by atoms with Gasteiger partial charge in [-0.15, -0.1) is 12.4 Å². The lowest BCUT2D eigenvalue weighted by Crippen LogP contribution is -2.53. The highest BCUT2D eigenvalue weighted by atomic mass is 35.5. The second kappa shape index (κ2) is 8.31. The highest BCUT2D eigenvalue weighted by Crippen LogP contribution is 2.25. The summed E-state index contributed by atoms with van der Waals surface area (Å²) in [5, 5.41) is 5.97. The monoisotopic (exact) mass is 339 g/mol. The van der Waals surface area contributed by atoms with Crippen molar-refractivity contribution in [2.45, 2.75) is 38.3 Å². The summed E-state index contributed by atoms with van der Waals surface area (Å²) in [6.07, 6.45) is 2.77. The molecule has 1 aromatic carbocycles. The van der Waals surface area contributed by atoms with E-state index in [-0.39, 0.29) is 24.2 Å². The fraction of sp³-hybridized carbons (Fsp3) is 0.529. The van der Waals surface area contributed by atoms with E-state index in [4.69, 9.17) is 0 Å². The summed E-state index contributed by atoms with van der Waals surface area (Å²) in [6.45, 7) is 3.52. The maximum Gasteiger partial charge on any atom is 0.251 e. The van der Waals surface area contributed by atoms with E-state index in [0.717, 1.165) is 31.4 Å². The van der Waals surface area contributed by atoms with Gasteiger partial charge >= 0.3 is 0 Å².